The Bertz CT molecular complexity index is 551. The van der Waals surface area contributed by atoms with Crippen LogP contribution in [0.3, 0.4) is 0 Å². The van der Waals surface area contributed by atoms with Crippen LogP contribution in [-0.4, -0.2) is 74.2 Å². The van der Waals surface area contributed by atoms with E-state index in [1.807, 2.05) is 18.2 Å². The van der Waals surface area contributed by atoms with Crippen LogP contribution in [0.4, 0.5) is 0 Å². The van der Waals surface area contributed by atoms with E-state index in [4.69, 9.17) is 9.47 Å². The third-order valence-electron chi connectivity index (χ3n) is 5.01. The van der Waals surface area contributed by atoms with Crippen molar-refractivity contribution in [1.82, 2.24) is 4.90 Å². The molecule has 0 N–H and O–H groups in total. The molecule has 4 aliphatic rings. The van der Waals surface area contributed by atoms with Gasteiger partial charge in [-0.15, -0.1) is 0 Å². The van der Waals surface area contributed by atoms with Crippen LogP contribution >= 0.6 is 0 Å². The van der Waals surface area contributed by atoms with E-state index in [9.17, 15) is 4.79 Å². The van der Waals surface area contributed by atoms with Gasteiger partial charge >= 0.3 is 0 Å². The average Bonchev–Trinajstić information content (AvgIpc) is 2.55. The number of fused-ring (bicyclic) bond motifs is 4. The summed E-state index contributed by atoms with van der Waals surface area (Å²) in [6.07, 6.45) is 0. The van der Waals surface area contributed by atoms with E-state index >= 15 is 0 Å². The second kappa shape index (κ2) is 5.00. The number of ketones is 1. The molecule has 1 aromatic rings. The number of nitrogens with zero attached hydrogens (tertiary/aromatic N) is 2. The van der Waals surface area contributed by atoms with Crippen molar-refractivity contribution in [3.05, 3.63) is 23.8 Å². The number of carbonyl (C=O) groups excluding carboxylic acids is 1. The van der Waals surface area contributed by atoms with E-state index in [2.05, 4.69) is 4.90 Å². The summed E-state index contributed by atoms with van der Waals surface area (Å²) in [7, 11) is 0. The lowest BCUT2D eigenvalue weighted by molar-refractivity contribution is -0.933. The summed E-state index contributed by atoms with van der Waals surface area (Å²) in [5, 5.41) is 0. The third-order valence-corrected chi connectivity index (χ3v) is 5.01. The van der Waals surface area contributed by atoms with Crippen molar-refractivity contribution in [2.75, 3.05) is 59.0 Å². The number of carbonyl (C=O) groups is 1. The van der Waals surface area contributed by atoms with Crippen molar-refractivity contribution in [2.24, 2.45) is 0 Å². The van der Waals surface area contributed by atoms with Gasteiger partial charge in [-0.3, -0.25) is 9.69 Å². The zero-order valence-electron chi connectivity index (χ0n) is 12.2. The number of piperazine rings is 3. The van der Waals surface area contributed by atoms with Gasteiger partial charge in [-0.2, -0.15) is 0 Å². The lowest BCUT2D eigenvalue weighted by Gasteiger charge is -2.50. The Balaban J connectivity index is 1.52. The Hall–Kier alpha value is -1.59. The summed E-state index contributed by atoms with van der Waals surface area (Å²) in [5.41, 5.74) is 0.750. The molecule has 0 amide bonds. The number of rotatable bonds is 3. The van der Waals surface area contributed by atoms with Crippen molar-refractivity contribution in [3.63, 3.8) is 0 Å². The van der Waals surface area contributed by atoms with Crippen LogP contribution in [0.2, 0.25) is 0 Å². The smallest absolute Gasteiger partial charge is 0.217 e. The minimum atomic E-state index is 0.224. The van der Waals surface area contributed by atoms with Gasteiger partial charge in [0.25, 0.3) is 0 Å². The molecule has 112 valence electrons. The van der Waals surface area contributed by atoms with Crippen LogP contribution in [-0.2, 0) is 0 Å². The van der Waals surface area contributed by atoms with E-state index < -0.39 is 0 Å². The number of hydrogen-bond acceptors (Lipinski definition) is 4. The molecule has 0 atom stereocenters. The highest BCUT2D eigenvalue weighted by Gasteiger charge is 2.40. The summed E-state index contributed by atoms with van der Waals surface area (Å²) in [5.74, 6) is 1.68. The van der Waals surface area contributed by atoms with Gasteiger partial charge in [0, 0.05) is 25.2 Å². The molecule has 0 spiro atoms. The molecule has 4 aliphatic heterocycles. The molecule has 3 fully saturated rings. The largest absolute Gasteiger partial charge is 0.486 e. The van der Waals surface area contributed by atoms with E-state index in [1.165, 1.54) is 0 Å². The van der Waals surface area contributed by atoms with Gasteiger partial charge in [-0.25, -0.2) is 0 Å². The Morgan fingerprint density at radius 2 is 1.71 bits per heavy atom. The highest BCUT2D eigenvalue weighted by Crippen LogP contribution is 2.31. The molecule has 21 heavy (non-hydrogen) atoms. The second-order valence-corrected chi connectivity index (χ2v) is 6.29. The van der Waals surface area contributed by atoms with Crippen LogP contribution in [0.5, 0.6) is 11.5 Å². The second-order valence-electron chi connectivity index (χ2n) is 6.29. The maximum atomic E-state index is 12.7. The summed E-state index contributed by atoms with van der Waals surface area (Å²) in [6.45, 7) is 8.48. The van der Waals surface area contributed by atoms with Crippen LogP contribution in [0.1, 0.15) is 10.4 Å². The molecule has 5 heteroatoms. The van der Waals surface area contributed by atoms with E-state index in [-0.39, 0.29) is 5.78 Å². The Kier molecular flexibility index (Phi) is 3.12. The maximum absolute atomic E-state index is 12.7. The zero-order valence-corrected chi connectivity index (χ0v) is 12.2. The highest BCUT2D eigenvalue weighted by atomic mass is 16.6. The fourth-order valence-electron chi connectivity index (χ4n) is 3.58. The molecule has 1 aromatic carbocycles. The number of Topliss-reactive ketones (excluding diaryl/α,β-unsaturated/α-hetero) is 1. The first-order valence-corrected chi connectivity index (χ1v) is 7.74. The summed E-state index contributed by atoms with van der Waals surface area (Å²) >= 11 is 0. The third kappa shape index (κ3) is 2.40. The SMILES string of the molecule is O=C(C[N+]12CCN(CC1)CC2)c1ccc2c(c1)OCCO2. The molecule has 0 aromatic heterocycles. The minimum Gasteiger partial charge on any atom is -0.486 e. The number of quaternary nitrogens is 1. The quantitative estimate of drug-likeness (QED) is 0.609. The van der Waals surface area contributed by atoms with Crippen LogP contribution in [0.15, 0.2) is 18.2 Å². The van der Waals surface area contributed by atoms with E-state index in [0.29, 0.717) is 25.5 Å². The fourth-order valence-corrected chi connectivity index (χ4v) is 3.58. The van der Waals surface area contributed by atoms with Crippen LogP contribution < -0.4 is 9.47 Å². The molecule has 0 saturated carbocycles. The normalized spacial score (nSPS) is 30.2. The molecule has 4 heterocycles. The predicted octanol–water partition coefficient (Wildman–Crippen LogP) is 0.786. The first kappa shape index (κ1) is 13.1. The van der Waals surface area contributed by atoms with Gasteiger partial charge < -0.3 is 14.0 Å². The van der Waals surface area contributed by atoms with Crippen molar-refractivity contribution in [2.45, 2.75) is 0 Å². The molecule has 0 unspecified atom stereocenters. The van der Waals surface area contributed by atoms with E-state index in [1.54, 1.807) is 0 Å². The van der Waals surface area contributed by atoms with Crippen molar-refractivity contribution >= 4 is 5.78 Å². The standard InChI is InChI=1S/C16H21N2O3/c19-14(12-18-6-3-17(4-7-18)5-8-18)13-1-2-15-16(11-13)21-10-9-20-15/h1-2,11H,3-10,12H2/q+1. The Morgan fingerprint density at radius 1 is 1.05 bits per heavy atom. The van der Waals surface area contributed by atoms with Gasteiger partial charge in [-0.1, -0.05) is 0 Å². The Labute approximate surface area is 124 Å². The lowest BCUT2D eigenvalue weighted by Crippen LogP contribution is -2.68. The lowest BCUT2D eigenvalue weighted by atomic mass is 10.1. The summed E-state index contributed by atoms with van der Waals surface area (Å²) < 4.78 is 12.0. The van der Waals surface area contributed by atoms with Gasteiger partial charge in [0.1, 0.15) is 19.8 Å². The predicted molar refractivity (Wildman–Crippen MR) is 77.9 cm³/mol. The van der Waals surface area contributed by atoms with E-state index in [0.717, 1.165) is 55.1 Å². The molecular weight excluding hydrogens is 268 g/mol. The highest BCUT2D eigenvalue weighted by molar-refractivity contribution is 5.97. The van der Waals surface area contributed by atoms with Gasteiger partial charge in [-0.05, 0) is 18.2 Å². The van der Waals surface area contributed by atoms with Crippen LogP contribution in [0, 0.1) is 0 Å². The average molecular weight is 289 g/mol. The van der Waals surface area contributed by atoms with Crippen LogP contribution in [0.25, 0.3) is 0 Å². The molecule has 3 saturated heterocycles. The number of benzene rings is 1. The molecular formula is C16H21N2O3+. The monoisotopic (exact) mass is 289 g/mol. The summed E-state index contributed by atoms with van der Waals surface area (Å²) in [4.78, 5) is 15.1. The first-order valence-electron chi connectivity index (χ1n) is 7.74. The molecule has 0 radical (unpaired) electrons. The van der Waals surface area contributed by atoms with Crippen molar-refractivity contribution in [3.8, 4) is 11.5 Å². The maximum Gasteiger partial charge on any atom is 0.217 e. The first-order chi connectivity index (χ1) is 10.2. The molecule has 2 bridgehead atoms. The van der Waals surface area contributed by atoms with Gasteiger partial charge in [0.2, 0.25) is 5.78 Å². The fraction of sp³-hybridized carbons (Fsp3) is 0.562. The van der Waals surface area contributed by atoms with Crippen molar-refractivity contribution < 1.29 is 18.8 Å². The molecule has 5 rings (SSSR count). The minimum absolute atomic E-state index is 0.224. The molecule has 5 nitrogen and oxygen atoms in total. The van der Waals surface area contributed by atoms with Crippen molar-refractivity contribution in [1.29, 1.82) is 0 Å². The molecule has 0 aliphatic carbocycles. The topological polar surface area (TPSA) is 38.8 Å². The summed E-state index contributed by atoms with van der Waals surface area (Å²) in [6, 6.07) is 5.57. The van der Waals surface area contributed by atoms with Gasteiger partial charge in [0.05, 0.1) is 19.6 Å². The Morgan fingerprint density at radius 3 is 2.43 bits per heavy atom. The number of ether oxygens (including phenoxy) is 2. The number of hydrogen-bond donors (Lipinski definition) is 0. The zero-order chi connectivity index (χ0) is 14.3. The van der Waals surface area contributed by atoms with Gasteiger partial charge in [0.15, 0.2) is 11.5 Å².